The fourth-order valence-electron chi connectivity index (χ4n) is 3.31. The molecule has 0 saturated heterocycles. The molecule has 0 fully saturated rings. The number of rotatable bonds is 6. The molecule has 2 rings (SSSR count). The summed E-state index contributed by atoms with van der Waals surface area (Å²) in [7, 11) is 0. The zero-order chi connectivity index (χ0) is 17.9. The Kier molecular flexibility index (Phi) is 5.66. The van der Waals surface area contributed by atoms with Crippen LogP contribution in [-0.4, -0.2) is 17.0 Å². The van der Waals surface area contributed by atoms with Gasteiger partial charge in [-0.1, -0.05) is 20.8 Å². The second-order valence-corrected chi connectivity index (χ2v) is 7.79. The number of nitriles is 1. The lowest BCUT2D eigenvalue weighted by Crippen LogP contribution is -2.34. The Balaban J connectivity index is 2.21. The highest BCUT2D eigenvalue weighted by Crippen LogP contribution is 2.40. The third-order valence-electron chi connectivity index (χ3n) is 5.18. The molecule has 5 nitrogen and oxygen atoms in total. The van der Waals surface area contributed by atoms with Gasteiger partial charge in [-0.3, -0.25) is 9.59 Å². The van der Waals surface area contributed by atoms with Crippen LogP contribution < -0.4 is 5.32 Å². The van der Waals surface area contributed by atoms with E-state index in [9.17, 15) is 20.0 Å². The van der Waals surface area contributed by atoms with E-state index in [0.717, 1.165) is 24.8 Å². The molecule has 2 N–H and O–H groups in total. The Morgan fingerprint density at radius 2 is 2.08 bits per heavy atom. The number of carbonyl (C=O) groups is 2. The van der Waals surface area contributed by atoms with Crippen LogP contribution in [0.2, 0.25) is 0 Å². The number of hydrogen-bond donors (Lipinski definition) is 2. The van der Waals surface area contributed by atoms with Crippen LogP contribution in [0.25, 0.3) is 0 Å². The summed E-state index contributed by atoms with van der Waals surface area (Å²) in [5.74, 6) is -0.683. The summed E-state index contributed by atoms with van der Waals surface area (Å²) in [5.41, 5.74) is 0.581. The number of carboxylic acids is 1. The highest BCUT2D eigenvalue weighted by molar-refractivity contribution is 7.16. The van der Waals surface area contributed by atoms with Gasteiger partial charge in [0.15, 0.2) is 0 Å². The number of amides is 1. The number of nitrogens with zero attached hydrogens (tertiary/aromatic N) is 1. The van der Waals surface area contributed by atoms with Crippen LogP contribution in [0.15, 0.2) is 0 Å². The van der Waals surface area contributed by atoms with Gasteiger partial charge < -0.3 is 10.4 Å². The molecule has 1 amide bonds. The third-order valence-corrected chi connectivity index (χ3v) is 6.35. The summed E-state index contributed by atoms with van der Waals surface area (Å²) >= 11 is 1.47. The molecule has 6 heteroatoms. The predicted octanol–water partition coefficient (Wildman–Crippen LogP) is 3.96. The van der Waals surface area contributed by atoms with E-state index in [-0.39, 0.29) is 12.3 Å². The van der Waals surface area contributed by atoms with Gasteiger partial charge in [0.25, 0.3) is 0 Å². The van der Waals surface area contributed by atoms with Crippen LogP contribution in [0.4, 0.5) is 5.00 Å². The number of carbonyl (C=O) groups excluding carboxylic acids is 1. The van der Waals surface area contributed by atoms with Gasteiger partial charge in [0.1, 0.15) is 11.1 Å². The molecule has 0 spiro atoms. The van der Waals surface area contributed by atoms with Gasteiger partial charge >= 0.3 is 5.97 Å². The lowest BCUT2D eigenvalue weighted by Gasteiger charge is -2.25. The molecule has 1 atom stereocenters. The van der Waals surface area contributed by atoms with Crippen molar-refractivity contribution in [1.29, 1.82) is 5.26 Å². The first kappa shape index (κ1) is 18.5. The molecule has 0 radical (unpaired) electrons. The minimum Gasteiger partial charge on any atom is -0.481 e. The van der Waals surface area contributed by atoms with Crippen LogP contribution in [0.3, 0.4) is 0 Å². The minimum absolute atomic E-state index is 0.0703. The number of hydrogen-bond acceptors (Lipinski definition) is 4. The van der Waals surface area contributed by atoms with Crippen molar-refractivity contribution in [1.82, 2.24) is 0 Å². The highest BCUT2D eigenvalue weighted by Gasteiger charge is 2.37. The lowest BCUT2D eigenvalue weighted by atomic mass is 9.79. The Bertz CT molecular complexity index is 683. The van der Waals surface area contributed by atoms with Crippen molar-refractivity contribution in [3.63, 3.8) is 0 Å². The monoisotopic (exact) mass is 348 g/mol. The Morgan fingerprint density at radius 1 is 1.42 bits per heavy atom. The molecule has 1 aromatic rings. The second kappa shape index (κ2) is 7.35. The maximum atomic E-state index is 12.4. The van der Waals surface area contributed by atoms with Crippen molar-refractivity contribution in [2.75, 3.05) is 5.32 Å². The van der Waals surface area contributed by atoms with Crippen molar-refractivity contribution >= 4 is 28.2 Å². The first-order valence-corrected chi connectivity index (χ1v) is 9.26. The summed E-state index contributed by atoms with van der Waals surface area (Å²) in [6, 6.07) is 2.22. The molecule has 130 valence electrons. The van der Waals surface area contributed by atoms with Crippen LogP contribution in [0.5, 0.6) is 0 Å². The van der Waals surface area contributed by atoms with E-state index in [0.29, 0.717) is 29.3 Å². The van der Waals surface area contributed by atoms with Gasteiger partial charge in [-0.2, -0.15) is 5.26 Å². The molecule has 1 aromatic heterocycles. The minimum atomic E-state index is -1.04. The summed E-state index contributed by atoms with van der Waals surface area (Å²) in [5, 5.41) is 22.3. The normalized spacial score (nSPS) is 17.0. The van der Waals surface area contributed by atoms with Crippen LogP contribution >= 0.6 is 11.3 Å². The smallest absolute Gasteiger partial charge is 0.310 e. The Labute approximate surface area is 146 Å². The summed E-state index contributed by atoms with van der Waals surface area (Å²) in [6.45, 7) is 5.77. The molecule has 1 aliphatic carbocycles. The topological polar surface area (TPSA) is 90.2 Å². The average molecular weight is 348 g/mol. The van der Waals surface area contributed by atoms with Crippen LogP contribution in [-0.2, 0) is 22.4 Å². The van der Waals surface area contributed by atoms with Crippen molar-refractivity contribution in [2.24, 2.45) is 11.3 Å². The van der Waals surface area contributed by atoms with E-state index < -0.39 is 11.4 Å². The Hall–Kier alpha value is -1.87. The first-order valence-electron chi connectivity index (χ1n) is 8.44. The van der Waals surface area contributed by atoms with Gasteiger partial charge in [-0.15, -0.1) is 11.3 Å². The lowest BCUT2D eigenvalue weighted by molar-refractivity contribution is -0.151. The van der Waals surface area contributed by atoms with E-state index in [1.807, 2.05) is 0 Å². The van der Waals surface area contributed by atoms with E-state index in [2.05, 4.69) is 18.3 Å². The molecular formula is C18H24N2O3S. The summed E-state index contributed by atoms with van der Waals surface area (Å²) in [4.78, 5) is 25.2. The van der Waals surface area contributed by atoms with E-state index >= 15 is 0 Å². The number of thiophene rings is 1. The van der Waals surface area contributed by atoms with Gasteiger partial charge in [0.05, 0.1) is 11.0 Å². The number of nitrogens with one attached hydrogen (secondary N) is 1. The number of aliphatic carboxylic acids is 1. The summed E-state index contributed by atoms with van der Waals surface area (Å²) < 4.78 is 0. The molecule has 0 bridgehead atoms. The van der Waals surface area contributed by atoms with Crippen LogP contribution in [0, 0.1) is 22.7 Å². The average Bonchev–Trinajstić information content (AvgIpc) is 2.88. The number of anilines is 1. The highest BCUT2D eigenvalue weighted by atomic mass is 32.1. The fraction of sp³-hybridized carbons (Fsp3) is 0.611. The predicted molar refractivity (Wildman–Crippen MR) is 94.1 cm³/mol. The molecule has 0 saturated carbocycles. The van der Waals surface area contributed by atoms with E-state index in [1.54, 1.807) is 13.8 Å². The SMILES string of the molecule is CCC(CC)(CC(=O)Nc1sc2c(c1C#N)CCC(C)C2)C(=O)O. The first-order chi connectivity index (χ1) is 11.4. The second-order valence-electron chi connectivity index (χ2n) is 6.69. The summed E-state index contributed by atoms with van der Waals surface area (Å²) in [6.07, 6.45) is 3.59. The zero-order valence-corrected chi connectivity index (χ0v) is 15.3. The zero-order valence-electron chi connectivity index (χ0n) is 14.4. The number of fused-ring (bicyclic) bond motifs is 1. The standard InChI is InChI=1S/C18H24N2O3S/c1-4-18(5-2,17(22)23)9-15(21)20-16-13(10-19)12-7-6-11(3)8-14(12)24-16/h11H,4-9H2,1-3H3,(H,20,21)(H,22,23). The molecule has 0 aromatic carbocycles. The van der Waals surface area contributed by atoms with Gasteiger partial charge in [-0.25, -0.2) is 0 Å². The maximum Gasteiger partial charge on any atom is 0.310 e. The fourth-order valence-corrected chi connectivity index (χ4v) is 4.69. The molecule has 1 heterocycles. The molecular weight excluding hydrogens is 324 g/mol. The largest absolute Gasteiger partial charge is 0.481 e. The third kappa shape index (κ3) is 3.46. The van der Waals surface area contributed by atoms with E-state index in [1.165, 1.54) is 16.2 Å². The molecule has 24 heavy (non-hydrogen) atoms. The molecule has 1 unspecified atom stereocenters. The molecule has 1 aliphatic rings. The quantitative estimate of drug-likeness (QED) is 0.814. The Morgan fingerprint density at radius 3 is 2.62 bits per heavy atom. The van der Waals surface area contributed by atoms with Crippen molar-refractivity contribution in [3.05, 3.63) is 16.0 Å². The van der Waals surface area contributed by atoms with E-state index in [4.69, 9.17) is 0 Å². The van der Waals surface area contributed by atoms with Gasteiger partial charge in [0.2, 0.25) is 5.91 Å². The molecule has 0 aliphatic heterocycles. The number of carboxylic acid groups (broad SMARTS) is 1. The van der Waals surface area contributed by atoms with Crippen molar-refractivity contribution in [2.45, 2.75) is 59.3 Å². The van der Waals surface area contributed by atoms with Crippen molar-refractivity contribution in [3.8, 4) is 6.07 Å². The van der Waals surface area contributed by atoms with Gasteiger partial charge in [-0.05, 0) is 43.6 Å². The van der Waals surface area contributed by atoms with Crippen LogP contribution in [0.1, 0.15) is 62.5 Å². The van der Waals surface area contributed by atoms with Gasteiger partial charge in [0, 0.05) is 11.3 Å². The van der Waals surface area contributed by atoms with Crippen molar-refractivity contribution < 1.29 is 14.7 Å². The maximum absolute atomic E-state index is 12.4.